The summed E-state index contributed by atoms with van der Waals surface area (Å²) in [6.45, 7) is 4.49. The third-order valence-corrected chi connectivity index (χ3v) is 3.84. The van der Waals surface area contributed by atoms with Crippen molar-refractivity contribution in [1.82, 2.24) is 0 Å². The topological polar surface area (TPSA) is 90.4 Å². The normalized spacial score (nSPS) is 11.9. The summed E-state index contributed by atoms with van der Waals surface area (Å²) in [5, 5.41) is 29.6. The lowest BCUT2D eigenvalue weighted by Crippen LogP contribution is -2.23. The molecule has 1 heterocycles. The molecular formula is C11H15N3O3S. The molecule has 0 spiro atoms. The Labute approximate surface area is 109 Å². The van der Waals surface area contributed by atoms with Crippen LogP contribution >= 0.6 is 11.3 Å². The van der Waals surface area contributed by atoms with Gasteiger partial charge in [-0.3, -0.25) is 10.1 Å². The van der Waals surface area contributed by atoms with E-state index in [1.165, 1.54) is 17.4 Å². The molecule has 1 aromatic heterocycles. The number of hydrogen-bond donors (Lipinski definition) is 1. The Bertz CT molecular complexity index is 465. The zero-order valence-corrected chi connectivity index (χ0v) is 11.1. The number of nitro groups is 1. The molecule has 0 fully saturated rings. The molecule has 1 aromatic rings. The van der Waals surface area contributed by atoms with Crippen LogP contribution in [0.5, 0.6) is 0 Å². The molecule has 0 saturated carbocycles. The van der Waals surface area contributed by atoms with Gasteiger partial charge in [-0.25, -0.2) is 0 Å². The summed E-state index contributed by atoms with van der Waals surface area (Å²) in [7, 11) is 0. The Hall–Kier alpha value is -1.65. The van der Waals surface area contributed by atoms with E-state index in [0.717, 1.165) is 0 Å². The van der Waals surface area contributed by atoms with Crippen LogP contribution in [-0.2, 0) is 0 Å². The molecule has 1 atom stereocenters. The highest BCUT2D eigenvalue weighted by Gasteiger charge is 2.24. The fourth-order valence-corrected chi connectivity index (χ4v) is 2.69. The van der Waals surface area contributed by atoms with Crippen LogP contribution in [0.2, 0.25) is 0 Å². The predicted molar refractivity (Wildman–Crippen MR) is 69.7 cm³/mol. The van der Waals surface area contributed by atoms with Crippen LogP contribution in [0, 0.1) is 21.4 Å². The summed E-state index contributed by atoms with van der Waals surface area (Å²) in [6, 6.07) is 3.43. The molecule has 0 aliphatic carbocycles. The van der Waals surface area contributed by atoms with Gasteiger partial charge < -0.3 is 10.0 Å². The van der Waals surface area contributed by atoms with Crippen LogP contribution < -0.4 is 4.90 Å². The SMILES string of the molecule is CCN(CCC#N)c1sc(C(C)O)cc1[N+](=O)[O-]. The van der Waals surface area contributed by atoms with Crippen molar-refractivity contribution in [3.05, 3.63) is 21.1 Å². The van der Waals surface area contributed by atoms with E-state index in [2.05, 4.69) is 0 Å². The van der Waals surface area contributed by atoms with Gasteiger partial charge in [-0.2, -0.15) is 5.26 Å². The molecule has 18 heavy (non-hydrogen) atoms. The Kier molecular flexibility index (Phi) is 5.07. The number of rotatable bonds is 6. The van der Waals surface area contributed by atoms with Gasteiger partial charge in [0, 0.05) is 24.0 Å². The summed E-state index contributed by atoms with van der Waals surface area (Å²) < 4.78 is 0. The molecule has 0 radical (unpaired) electrons. The zero-order chi connectivity index (χ0) is 13.7. The summed E-state index contributed by atoms with van der Waals surface area (Å²) >= 11 is 1.20. The fraction of sp³-hybridized carbons (Fsp3) is 0.545. The van der Waals surface area contributed by atoms with E-state index in [1.807, 2.05) is 13.0 Å². The molecule has 6 nitrogen and oxygen atoms in total. The van der Waals surface area contributed by atoms with Crippen molar-refractivity contribution >= 4 is 22.0 Å². The number of hydrogen-bond acceptors (Lipinski definition) is 6. The smallest absolute Gasteiger partial charge is 0.304 e. The van der Waals surface area contributed by atoms with Crippen molar-refractivity contribution in [2.45, 2.75) is 26.4 Å². The first-order valence-electron chi connectivity index (χ1n) is 5.59. The monoisotopic (exact) mass is 269 g/mol. The van der Waals surface area contributed by atoms with Gasteiger partial charge in [0.1, 0.15) is 0 Å². The highest BCUT2D eigenvalue weighted by atomic mass is 32.1. The Morgan fingerprint density at radius 2 is 2.39 bits per heavy atom. The Balaban J connectivity index is 3.11. The van der Waals surface area contributed by atoms with Crippen molar-refractivity contribution in [1.29, 1.82) is 5.26 Å². The summed E-state index contributed by atoms with van der Waals surface area (Å²) in [5.41, 5.74) is -0.00399. The fourth-order valence-electron chi connectivity index (χ4n) is 1.54. The summed E-state index contributed by atoms with van der Waals surface area (Å²) in [4.78, 5) is 12.9. The van der Waals surface area contributed by atoms with E-state index >= 15 is 0 Å². The van der Waals surface area contributed by atoms with Gasteiger partial charge in [0.25, 0.3) is 0 Å². The van der Waals surface area contributed by atoms with Crippen LogP contribution in [0.1, 0.15) is 31.2 Å². The minimum atomic E-state index is -0.725. The summed E-state index contributed by atoms with van der Waals surface area (Å²) in [5.74, 6) is 0. The number of aliphatic hydroxyl groups excluding tert-OH is 1. The molecule has 0 amide bonds. The molecule has 0 bridgehead atoms. The highest BCUT2D eigenvalue weighted by Crippen LogP contribution is 2.40. The summed E-state index contributed by atoms with van der Waals surface area (Å²) in [6.07, 6.45) is -0.412. The molecule has 7 heteroatoms. The van der Waals surface area contributed by atoms with Crippen LogP contribution in [0.4, 0.5) is 10.7 Å². The van der Waals surface area contributed by atoms with E-state index < -0.39 is 11.0 Å². The predicted octanol–water partition coefficient (Wildman–Crippen LogP) is 2.45. The van der Waals surface area contributed by atoms with E-state index in [-0.39, 0.29) is 5.69 Å². The van der Waals surface area contributed by atoms with E-state index in [1.54, 1.807) is 11.8 Å². The standard InChI is InChI=1S/C11H15N3O3S/c1-3-13(6-4-5-12)11-9(14(16)17)7-10(18-11)8(2)15/h7-8,15H,3-4,6H2,1-2H3. The molecule has 0 aliphatic heterocycles. The van der Waals surface area contributed by atoms with Gasteiger partial charge in [-0.1, -0.05) is 0 Å². The Morgan fingerprint density at radius 3 is 2.83 bits per heavy atom. The van der Waals surface area contributed by atoms with Crippen LogP contribution in [-0.4, -0.2) is 23.1 Å². The van der Waals surface area contributed by atoms with Gasteiger partial charge in [0.15, 0.2) is 5.00 Å². The lowest BCUT2D eigenvalue weighted by atomic mass is 10.3. The molecule has 0 aliphatic rings. The minimum Gasteiger partial charge on any atom is -0.388 e. The number of aliphatic hydroxyl groups is 1. The van der Waals surface area contributed by atoms with Crippen LogP contribution in [0.3, 0.4) is 0 Å². The maximum absolute atomic E-state index is 11.0. The average Bonchev–Trinajstić information content (AvgIpc) is 2.75. The molecular weight excluding hydrogens is 254 g/mol. The second kappa shape index (κ2) is 6.33. The van der Waals surface area contributed by atoms with Gasteiger partial charge in [-0.15, -0.1) is 11.3 Å². The lowest BCUT2D eigenvalue weighted by molar-refractivity contribution is -0.383. The average molecular weight is 269 g/mol. The lowest BCUT2D eigenvalue weighted by Gasteiger charge is -2.18. The van der Waals surface area contributed by atoms with Crippen molar-refractivity contribution < 1.29 is 10.0 Å². The molecule has 1 rings (SSSR count). The van der Waals surface area contributed by atoms with Crippen molar-refractivity contribution in [2.75, 3.05) is 18.0 Å². The number of thiophene rings is 1. The van der Waals surface area contributed by atoms with Crippen molar-refractivity contribution in [2.24, 2.45) is 0 Å². The molecule has 1 N–H and O–H groups in total. The van der Waals surface area contributed by atoms with Crippen molar-refractivity contribution in [3.8, 4) is 6.07 Å². The first-order valence-corrected chi connectivity index (χ1v) is 6.41. The van der Waals surface area contributed by atoms with Gasteiger partial charge in [-0.05, 0) is 13.8 Å². The zero-order valence-electron chi connectivity index (χ0n) is 10.3. The second-order valence-electron chi connectivity index (χ2n) is 3.76. The number of nitrogens with zero attached hydrogens (tertiary/aromatic N) is 3. The van der Waals surface area contributed by atoms with Gasteiger partial charge >= 0.3 is 5.69 Å². The molecule has 1 unspecified atom stereocenters. The van der Waals surface area contributed by atoms with E-state index in [9.17, 15) is 15.2 Å². The van der Waals surface area contributed by atoms with Crippen LogP contribution in [0.25, 0.3) is 0 Å². The van der Waals surface area contributed by atoms with E-state index in [0.29, 0.717) is 29.4 Å². The van der Waals surface area contributed by atoms with E-state index in [4.69, 9.17) is 5.26 Å². The first-order chi connectivity index (χ1) is 8.51. The molecule has 98 valence electrons. The minimum absolute atomic E-state index is 0.00399. The molecule has 0 saturated heterocycles. The van der Waals surface area contributed by atoms with Gasteiger partial charge in [0.05, 0.1) is 23.5 Å². The Morgan fingerprint density at radius 1 is 1.72 bits per heavy atom. The number of nitriles is 1. The third-order valence-electron chi connectivity index (χ3n) is 2.48. The van der Waals surface area contributed by atoms with Gasteiger partial charge in [0.2, 0.25) is 0 Å². The molecule has 0 aromatic carbocycles. The number of anilines is 1. The maximum atomic E-state index is 11.0. The maximum Gasteiger partial charge on any atom is 0.304 e. The second-order valence-corrected chi connectivity index (χ2v) is 4.82. The quantitative estimate of drug-likeness (QED) is 0.632. The van der Waals surface area contributed by atoms with Crippen LogP contribution in [0.15, 0.2) is 6.07 Å². The third kappa shape index (κ3) is 3.18. The largest absolute Gasteiger partial charge is 0.388 e. The van der Waals surface area contributed by atoms with Crippen molar-refractivity contribution in [3.63, 3.8) is 0 Å². The highest BCUT2D eigenvalue weighted by molar-refractivity contribution is 7.16. The first kappa shape index (κ1) is 14.4.